The average molecular weight is 507 g/mol. The summed E-state index contributed by atoms with van der Waals surface area (Å²) in [5.74, 6) is 0.141. The summed E-state index contributed by atoms with van der Waals surface area (Å²) in [5.41, 5.74) is 7.70. The van der Waals surface area contributed by atoms with Crippen molar-refractivity contribution in [2.45, 2.75) is 26.1 Å². The van der Waals surface area contributed by atoms with Gasteiger partial charge in [-0.25, -0.2) is 0 Å². The van der Waals surface area contributed by atoms with Crippen LogP contribution < -0.4 is 15.4 Å². The highest BCUT2D eigenvalue weighted by Gasteiger charge is 2.31. The second-order valence-corrected chi connectivity index (χ2v) is 8.39. The number of amides is 1. The van der Waals surface area contributed by atoms with Crippen molar-refractivity contribution in [2.75, 3.05) is 25.2 Å². The normalized spacial score (nSPS) is 11.4. The highest BCUT2D eigenvalue weighted by Crippen LogP contribution is 2.37. The highest BCUT2D eigenvalue weighted by molar-refractivity contribution is 6.33. The minimum atomic E-state index is -4.50. The topological polar surface area (TPSA) is 75.8 Å². The largest absolute Gasteiger partial charge is 0.491 e. The zero-order valence-corrected chi connectivity index (χ0v) is 20.1. The van der Waals surface area contributed by atoms with Crippen LogP contribution in [0.15, 0.2) is 54.6 Å². The summed E-state index contributed by atoms with van der Waals surface area (Å²) in [4.78, 5) is 14.9. The number of hydrogen-bond acceptors (Lipinski definition) is 4. The number of anilines is 1. The molecule has 0 aromatic heterocycles. The van der Waals surface area contributed by atoms with Crippen LogP contribution in [0.1, 0.15) is 33.5 Å². The number of nitrogens with two attached hydrogens (primary N) is 1. The van der Waals surface area contributed by atoms with Gasteiger partial charge in [0.25, 0.3) is 5.91 Å². The van der Waals surface area contributed by atoms with Crippen molar-refractivity contribution in [1.82, 2.24) is 0 Å². The molecular formula is C26H26ClF3N2O3. The van der Waals surface area contributed by atoms with Gasteiger partial charge in [0, 0.05) is 42.8 Å². The van der Waals surface area contributed by atoms with Crippen molar-refractivity contribution in [3.05, 3.63) is 81.9 Å². The smallest absolute Gasteiger partial charge is 0.416 e. The Bertz CT molecular complexity index is 1210. The average Bonchev–Trinajstić information content (AvgIpc) is 2.83. The summed E-state index contributed by atoms with van der Waals surface area (Å²) in [6.07, 6.45) is -4.06. The Kier molecular flexibility index (Phi) is 8.43. The number of ether oxygens (including phenoxy) is 1. The molecule has 0 radical (unpaired) electrons. The Labute approximate surface area is 206 Å². The molecule has 186 valence electrons. The Morgan fingerprint density at radius 1 is 1.11 bits per heavy atom. The number of benzene rings is 3. The molecule has 0 atom stereocenters. The summed E-state index contributed by atoms with van der Waals surface area (Å²) in [6.45, 7) is 1.99. The van der Waals surface area contributed by atoms with E-state index in [4.69, 9.17) is 27.2 Å². The quantitative estimate of drug-likeness (QED) is 0.377. The predicted molar refractivity (Wildman–Crippen MR) is 131 cm³/mol. The molecule has 0 spiro atoms. The lowest BCUT2D eigenvalue weighted by molar-refractivity contribution is -0.137. The molecule has 3 rings (SSSR count). The summed E-state index contributed by atoms with van der Waals surface area (Å²) < 4.78 is 45.2. The zero-order valence-electron chi connectivity index (χ0n) is 19.3. The number of halogens is 4. The van der Waals surface area contributed by atoms with Crippen molar-refractivity contribution >= 4 is 23.2 Å². The molecule has 35 heavy (non-hydrogen) atoms. The molecule has 0 fully saturated rings. The fraction of sp³-hybridized carbons (Fsp3) is 0.269. The van der Waals surface area contributed by atoms with Gasteiger partial charge in [0.05, 0.1) is 17.9 Å². The number of aryl methyl sites for hydroxylation is 1. The first-order valence-electron chi connectivity index (χ1n) is 10.9. The van der Waals surface area contributed by atoms with Crippen LogP contribution in [0, 0.1) is 6.92 Å². The van der Waals surface area contributed by atoms with E-state index in [2.05, 4.69) is 0 Å². The lowest BCUT2D eigenvalue weighted by Crippen LogP contribution is -2.27. The van der Waals surface area contributed by atoms with E-state index in [-0.39, 0.29) is 36.3 Å². The minimum absolute atomic E-state index is 0.0157. The fourth-order valence-corrected chi connectivity index (χ4v) is 4.01. The van der Waals surface area contributed by atoms with Crippen molar-refractivity contribution < 1.29 is 27.8 Å². The van der Waals surface area contributed by atoms with Gasteiger partial charge in [0.1, 0.15) is 5.75 Å². The number of aliphatic hydroxyl groups excluding tert-OH is 1. The lowest BCUT2D eigenvalue weighted by Gasteiger charge is -2.23. The van der Waals surface area contributed by atoms with Crippen molar-refractivity contribution in [1.29, 1.82) is 0 Å². The molecule has 9 heteroatoms. The molecule has 0 aliphatic carbocycles. The maximum absolute atomic E-state index is 13.4. The van der Waals surface area contributed by atoms with Crippen molar-refractivity contribution in [2.24, 2.45) is 5.73 Å². The second kappa shape index (κ2) is 11.1. The molecule has 0 aliphatic rings. The van der Waals surface area contributed by atoms with Gasteiger partial charge in [-0.15, -0.1) is 0 Å². The maximum atomic E-state index is 13.4. The van der Waals surface area contributed by atoms with Crippen LogP contribution in [0.5, 0.6) is 5.75 Å². The standard InChI is InChI=1S/C26H26ClF3N2O3/c1-16-5-3-6-23(35-12-4-11-33)24(16)32(2)25(34)17-7-10-22(27)21(14-17)20-9-8-19(26(28,29)30)13-18(20)15-31/h3,5-10,13-14,33H,4,11-12,15,31H2,1-2H3. The van der Waals surface area contributed by atoms with E-state index in [1.165, 1.54) is 17.0 Å². The Morgan fingerprint density at radius 3 is 2.51 bits per heavy atom. The van der Waals surface area contributed by atoms with Gasteiger partial charge in [-0.2, -0.15) is 13.2 Å². The van der Waals surface area contributed by atoms with Crippen LogP contribution in [-0.2, 0) is 12.7 Å². The zero-order chi connectivity index (χ0) is 25.8. The third-order valence-corrected chi connectivity index (χ3v) is 5.89. The Morgan fingerprint density at radius 2 is 1.86 bits per heavy atom. The van der Waals surface area contributed by atoms with Crippen LogP contribution in [0.25, 0.3) is 11.1 Å². The molecule has 3 aromatic rings. The molecule has 0 heterocycles. The molecule has 5 nitrogen and oxygen atoms in total. The van der Waals surface area contributed by atoms with Crippen LogP contribution in [-0.4, -0.2) is 31.3 Å². The van der Waals surface area contributed by atoms with E-state index in [9.17, 15) is 18.0 Å². The summed E-state index contributed by atoms with van der Waals surface area (Å²) in [7, 11) is 1.61. The minimum Gasteiger partial charge on any atom is -0.491 e. The van der Waals surface area contributed by atoms with Crippen molar-refractivity contribution in [3.63, 3.8) is 0 Å². The number of carbonyl (C=O) groups is 1. The summed E-state index contributed by atoms with van der Waals surface area (Å²) in [5, 5.41) is 9.31. The number of para-hydroxylation sites is 1. The predicted octanol–water partition coefficient (Wildman–Crippen LogP) is 5.83. The van der Waals surface area contributed by atoms with Crippen LogP contribution in [0.4, 0.5) is 18.9 Å². The van der Waals surface area contributed by atoms with Gasteiger partial charge >= 0.3 is 6.18 Å². The number of alkyl halides is 3. The van der Waals surface area contributed by atoms with Gasteiger partial charge in [0.15, 0.2) is 0 Å². The van der Waals surface area contributed by atoms with Crippen LogP contribution in [0.2, 0.25) is 5.02 Å². The van der Waals surface area contributed by atoms with E-state index < -0.39 is 11.7 Å². The molecule has 3 N–H and O–H groups in total. The van der Waals surface area contributed by atoms with E-state index in [0.29, 0.717) is 34.5 Å². The molecule has 0 saturated heterocycles. The number of hydrogen-bond donors (Lipinski definition) is 2. The summed E-state index contributed by atoms with van der Waals surface area (Å²) >= 11 is 6.38. The SMILES string of the molecule is Cc1cccc(OCCCO)c1N(C)C(=O)c1ccc(Cl)c(-c2ccc(C(F)(F)F)cc2CN)c1. The first kappa shape index (κ1) is 26.5. The molecule has 1 amide bonds. The first-order valence-corrected chi connectivity index (χ1v) is 11.3. The van der Waals surface area contributed by atoms with Crippen LogP contribution in [0.3, 0.4) is 0 Å². The number of nitrogens with zero attached hydrogens (tertiary/aromatic N) is 1. The fourth-order valence-electron chi connectivity index (χ4n) is 3.79. The third kappa shape index (κ3) is 5.96. The van der Waals surface area contributed by atoms with Crippen LogP contribution >= 0.6 is 11.6 Å². The van der Waals surface area contributed by atoms with E-state index in [1.807, 2.05) is 19.1 Å². The van der Waals surface area contributed by atoms with E-state index in [0.717, 1.165) is 17.7 Å². The van der Waals surface area contributed by atoms with Gasteiger partial charge < -0.3 is 20.5 Å². The number of carbonyl (C=O) groups excluding carboxylic acids is 1. The Hall–Kier alpha value is -3.07. The third-order valence-electron chi connectivity index (χ3n) is 5.56. The molecular weight excluding hydrogens is 481 g/mol. The second-order valence-electron chi connectivity index (χ2n) is 7.98. The lowest BCUT2D eigenvalue weighted by atomic mass is 9.95. The number of aliphatic hydroxyl groups is 1. The monoisotopic (exact) mass is 506 g/mol. The summed E-state index contributed by atoms with van der Waals surface area (Å²) in [6, 6.07) is 13.3. The maximum Gasteiger partial charge on any atom is 0.416 e. The highest BCUT2D eigenvalue weighted by atomic mass is 35.5. The molecule has 0 saturated carbocycles. The van der Waals surface area contributed by atoms with E-state index >= 15 is 0 Å². The molecule has 0 aliphatic heterocycles. The van der Waals surface area contributed by atoms with Gasteiger partial charge in [-0.3, -0.25) is 4.79 Å². The van der Waals surface area contributed by atoms with Gasteiger partial charge in [-0.05, 0) is 60.0 Å². The van der Waals surface area contributed by atoms with Crippen molar-refractivity contribution in [3.8, 4) is 16.9 Å². The van der Waals surface area contributed by atoms with Gasteiger partial charge in [0.2, 0.25) is 0 Å². The number of rotatable bonds is 8. The molecule has 3 aromatic carbocycles. The first-order chi connectivity index (χ1) is 16.6. The van der Waals surface area contributed by atoms with Gasteiger partial charge in [-0.1, -0.05) is 29.8 Å². The molecule has 0 bridgehead atoms. The molecule has 0 unspecified atom stereocenters. The Balaban J connectivity index is 2.00. The van der Waals surface area contributed by atoms with E-state index in [1.54, 1.807) is 25.2 Å².